The first-order chi connectivity index (χ1) is 6.97. The van der Waals surface area contributed by atoms with Crippen molar-refractivity contribution in [1.29, 1.82) is 0 Å². The van der Waals surface area contributed by atoms with E-state index in [2.05, 4.69) is 0 Å². The molecule has 0 amide bonds. The monoisotopic (exact) mass is 220 g/mol. The number of hydrogen-bond donors (Lipinski definition) is 1. The van der Waals surface area contributed by atoms with Crippen LogP contribution < -0.4 is 0 Å². The Morgan fingerprint density at radius 2 is 1.80 bits per heavy atom. The predicted octanol–water partition coefficient (Wildman–Crippen LogP) is 2.52. The number of carbonyl (C=O) groups is 1. The summed E-state index contributed by atoms with van der Waals surface area (Å²) in [6.45, 7) is 1.93. The molecule has 0 aromatic heterocycles. The second kappa shape index (κ2) is 6.19. The molecule has 84 valence electrons. The SMILES string of the molecule is CCO.O=Cc1ccccc1C(F)(F)F. The molecule has 0 heterocycles. The van der Waals surface area contributed by atoms with Gasteiger partial charge in [-0.1, -0.05) is 18.2 Å². The first-order valence-electron chi connectivity index (χ1n) is 4.19. The highest BCUT2D eigenvalue weighted by Gasteiger charge is 2.32. The smallest absolute Gasteiger partial charge is 0.397 e. The van der Waals surface area contributed by atoms with E-state index in [-0.39, 0.29) is 18.5 Å². The Kier molecular flexibility index (Phi) is 5.62. The number of benzene rings is 1. The van der Waals surface area contributed by atoms with Gasteiger partial charge in [-0.3, -0.25) is 4.79 Å². The maximum atomic E-state index is 12.1. The van der Waals surface area contributed by atoms with Crippen molar-refractivity contribution in [2.24, 2.45) is 0 Å². The minimum Gasteiger partial charge on any atom is -0.397 e. The molecule has 0 unspecified atom stereocenters. The van der Waals surface area contributed by atoms with Crippen molar-refractivity contribution < 1.29 is 23.1 Å². The lowest BCUT2D eigenvalue weighted by atomic mass is 10.1. The molecule has 0 aliphatic carbocycles. The van der Waals surface area contributed by atoms with Gasteiger partial charge in [0.25, 0.3) is 0 Å². The average Bonchev–Trinajstić information content (AvgIpc) is 2.18. The summed E-state index contributed by atoms with van der Waals surface area (Å²) in [5.41, 5.74) is -1.22. The summed E-state index contributed by atoms with van der Waals surface area (Å²) in [4.78, 5) is 10.2. The molecule has 0 aliphatic heterocycles. The number of alkyl halides is 3. The van der Waals surface area contributed by atoms with Gasteiger partial charge in [0.05, 0.1) is 5.56 Å². The van der Waals surface area contributed by atoms with E-state index in [1.807, 2.05) is 0 Å². The van der Waals surface area contributed by atoms with Crippen LogP contribution in [-0.4, -0.2) is 18.0 Å². The maximum absolute atomic E-state index is 12.1. The predicted molar refractivity (Wildman–Crippen MR) is 49.6 cm³/mol. The van der Waals surface area contributed by atoms with Crippen LogP contribution in [-0.2, 0) is 6.18 Å². The lowest BCUT2D eigenvalue weighted by Gasteiger charge is -2.07. The van der Waals surface area contributed by atoms with E-state index in [1.54, 1.807) is 6.92 Å². The molecule has 0 fully saturated rings. The molecule has 0 spiro atoms. The highest BCUT2D eigenvalue weighted by atomic mass is 19.4. The van der Waals surface area contributed by atoms with Crippen LogP contribution in [0.25, 0.3) is 0 Å². The Morgan fingerprint density at radius 1 is 1.33 bits per heavy atom. The number of aldehydes is 1. The molecule has 1 N–H and O–H groups in total. The molecule has 0 radical (unpaired) electrons. The van der Waals surface area contributed by atoms with Gasteiger partial charge in [-0.25, -0.2) is 0 Å². The minimum absolute atomic E-state index is 0.197. The summed E-state index contributed by atoms with van der Waals surface area (Å²) in [6.07, 6.45) is -4.25. The van der Waals surface area contributed by atoms with Crippen molar-refractivity contribution in [1.82, 2.24) is 0 Å². The van der Waals surface area contributed by atoms with Crippen LogP contribution in [0.3, 0.4) is 0 Å². The molecule has 5 heteroatoms. The summed E-state index contributed by atoms with van der Waals surface area (Å²) in [7, 11) is 0. The molecule has 1 aromatic carbocycles. The number of aliphatic hydroxyl groups is 1. The van der Waals surface area contributed by atoms with Crippen LogP contribution in [0.4, 0.5) is 13.2 Å². The molecule has 0 bridgehead atoms. The average molecular weight is 220 g/mol. The molecular formula is C10H11F3O2. The molecule has 2 nitrogen and oxygen atoms in total. The second-order valence-corrected chi connectivity index (χ2v) is 2.52. The van der Waals surface area contributed by atoms with E-state index in [0.717, 1.165) is 12.1 Å². The molecule has 1 rings (SSSR count). The van der Waals surface area contributed by atoms with Crippen LogP contribution >= 0.6 is 0 Å². The highest BCUT2D eigenvalue weighted by Crippen LogP contribution is 2.30. The van der Waals surface area contributed by atoms with Crippen molar-refractivity contribution in [3.8, 4) is 0 Å². The van der Waals surface area contributed by atoms with E-state index in [1.165, 1.54) is 12.1 Å². The van der Waals surface area contributed by atoms with E-state index < -0.39 is 11.7 Å². The third kappa shape index (κ3) is 4.60. The third-order valence-corrected chi connectivity index (χ3v) is 1.39. The first kappa shape index (κ1) is 13.6. The Balaban J connectivity index is 0.000000583. The maximum Gasteiger partial charge on any atom is 0.417 e. The van der Waals surface area contributed by atoms with Gasteiger partial charge in [-0.05, 0) is 13.0 Å². The summed E-state index contributed by atoms with van der Waals surface area (Å²) in [6, 6.07) is 4.65. The number of carbonyl (C=O) groups excluding carboxylic acids is 1. The largest absolute Gasteiger partial charge is 0.417 e. The first-order valence-corrected chi connectivity index (χ1v) is 4.19. The van der Waals surface area contributed by atoms with E-state index in [0.29, 0.717) is 0 Å². The van der Waals surface area contributed by atoms with E-state index >= 15 is 0 Å². The quantitative estimate of drug-likeness (QED) is 0.738. The number of hydrogen-bond acceptors (Lipinski definition) is 2. The van der Waals surface area contributed by atoms with Gasteiger partial charge in [0, 0.05) is 12.2 Å². The Morgan fingerprint density at radius 3 is 2.13 bits per heavy atom. The van der Waals surface area contributed by atoms with Crippen molar-refractivity contribution >= 4 is 6.29 Å². The van der Waals surface area contributed by atoms with Gasteiger partial charge in [-0.2, -0.15) is 13.2 Å². The fourth-order valence-electron chi connectivity index (χ4n) is 0.858. The zero-order valence-corrected chi connectivity index (χ0v) is 8.08. The Hall–Kier alpha value is -1.36. The van der Waals surface area contributed by atoms with Crippen molar-refractivity contribution in [3.05, 3.63) is 35.4 Å². The van der Waals surface area contributed by atoms with Crippen LogP contribution in [0.1, 0.15) is 22.8 Å². The summed E-state index contributed by atoms with van der Waals surface area (Å²) in [5.74, 6) is 0. The van der Waals surface area contributed by atoms with Crippen LogP contribution in [0.5, 0.6) is 0 Å². The van der Waals surface area contributed by atoms with Gasteiger partial charge in [0.15, 0.2) is 6.29 Å². The summed E-state index contributed by atoms with van der Waals surface area (Å²) < 4.78 is 36.2. The van der Waals surface area contributed by atoms with Gasteiger partial charge in [0.1, 0.15) is 0 Å². The minimum atomic E-state index is -4.45. The highest BCUT2D eigenvalue weighted by molar-refractivity contribution is 5.77. The number of rotatable bonds is 1. The fourth-order valence-corrected chi connectivity index (χ4v) is 0.858. The molecule has 1 aromatic rings. The topological polar surface area (TPSA) is 37.3 Å². The van der Waals surface area contributed by atoms with Crippen molar-refractivity contribution in [3.63, 3.8) is 0 Å². The summed E-state index contributed by atoms with van der Waals surface area (Å²) >= 11 is 0. The van der Waals surface area contributed by atoms with Gasteiger partial charge in [-0.15, -0.1) is 0 Å². The molecule has 15 heavy (non-hydrogen) atoms. The third-order valence-electron chi connectivity index (χ3n) is 1.39. The van der Waals surface area contributed by atoms with Crippen LogP contribution in [0.15, 0.2) is 24.3 Å². The molecule has 0 aliphatic rings. The van der Waals surface area contributed by atoms with Gasteiger partial charge in [0.2, 0.25) is 0 Å². The van der Waals surface area contributed by atoms with E-state index in [9.17, 15) is 18.0 Å². The Bertz CT molecular complexity index is 308. The molecule has 0 atom stereocenters. The van der Waals surface area contributed by atoms with E-state index in [4.69, 9.17) is 5.11 Å². The van der Waals surface area contributed by atoms with Gasteiger partial charge >= 0.3 is 6.18 Å². The summed E-state index contributed by atoms with van der Waals surface area (Å²) in [5, 5.41) is 7.57. The number of aliphatic hydroxyl groups excluding tert-OH is 1. The molecule has 0 saturated carbocycles. The molecular weight excluding hydrogens is 209 g/mol. The zero-order valence-electron chi connectivity index (χ0n) is 8.08. The Labute approximate surface area is 85.3 Å². The lowest BCUT2D eigenvalue weighted by Crippen LogP contribution is -2.08. The number of halogens is 3. The normalized spacial score (nSPS) is 10.2. The van der Waals surface area contributed by atoms with Crippen LogP contribution in [0.2, 0.25) is 0 Å². The standard InChI is InChI=1S/C8H5F3O.C2H6O/c9-8(10,11)7-4-2-1-3-6(7)5-12;1-2-3/h1-5H;3H,2H2,1H3. The van der Waals surface area contributed by atoms with Gasteiger partial charge < -0.3 is 5.11 Å². The van der Waals surface area contributed by atoms with Crippen LogP contribution in [0, 0.1) is 0 Å². The van der Waals surface area contributed by atoms with Crippen molar-refractivity contribution in [2.45, 2.75) is 13.1 Å². The van der Waals surface area contributed by atoms with Crippen molar-refractivity contribution in [2.75, 3.05) is 6.61 Å². The second-order valence-electron chi connectivity index (χ2n) is 2.52. The lowest BCUT2D eigenvalue weighted by molar-refractivity contribution is -0.137. The molecule has 0 saturated heterocycles. The fraction of sp³-hybridized carbons (Fsp3) is 0.300. The zero-order chi connectivity index (χ0) is 11.9.